The number of nitrogens with zero attached hydrogens (tertiary/aromatic N) is 1. The fourth-order valence-corrected chi connectivity index (χ4v) is 3.48. The maximum Gasteiger partial charge on any atom is 0.258 e. The standard InChI is InChI=1S/C26H25FN4O2/c1-2-33-22-12-10-21(11-13-22)30-26(31-25(32)18-6-5-7-20(27)16-18)28-15-14-19-17-29-24-9-4-3-8-23(19)24/h3-13,16-17,29H,2,14-15H2,1H3,(H2,28,30,31,32). The van der Waals surface area contributed by atoms with Crippen molar-refractivity contribution < 1.29 is 13.9 Å². The van der Waals surface area contributed by atoms with Gasteiger partial charge in [0.15, 0.2) is 0 Å². The number of halogens is 1. The molecule has 7 heteroatoms. The van der Waals surface area contributed by atoms with Crippen LogP contribution in [-0.4, -0.2) is 30.0 Å². The first kappa shape index (κ1) is 22.1. The summed E-state index contributed by atoms with van der Waals surface area (Å²) < 4.78 is 19.0. The summed E-state index contributed by atoms with van der Waals surface area (Å²) in [7, 11) is 0. The molecule has 0 radical (unpaired) electrons. The van der Waals surface area contributed by atoms with E-state index in [-0.39, 0.29) is 11.5 Å². The van der Waals surface area contributed by atoms with Crippen LogP contribution in [0.15, 0.2) is 84.0 Å². The zero-order valence-electron chi connectivity index (χ0n) is 18.3. The number of rotatable bonds is 7. The van der Waals surface area contributed by atoms with Gasteiger partial charge in [0, 0.05) is 34.9 Å². The van der Waals surface area contributed by atoms with E-state index in [1.54, 1.807) is 6.07 Å². The van der Waals surface area contributed by atoms with E-state index in [2.05, 4.69) is 26.7 Å². The molecule has 4 aromatic rings. The van der Waals surface area contributed by atoms with Gasteiger partial charge >= 0.3 is 0 Å². The molecular weight excluding hydrogens is 419 g/mol. The molecule has 168 valence electrons. The van der Waals surface area contributed by atoms with Crippen LogP contribution >= 0.6 is 0 Å². The van der Waals surface area contributed by atoms with Gasteiger partial charge in [0.2, 0.25) is 5.96 Å². The lowest BCUT2D eigenvalue weighted by Gasteiger charge is -2.13. The van der Waals surface area contributed by atoms with Crippen LogP contribution in [0.1, 0.15) is 22.8 Å². The minimum absolute atomic E-state index is 0.216. The number of nitrogens with one attached hydrogen (secondary N) is 3. The first-order valence-corrected chi connectivity index (χ1v) is 10.8. The van der Waals surface area contributed by atoms with E-state index in [9.17, 15) is 9.18 Å². The lowest BCUT2D eigenvalue weighted by atomic mass is 10.1. The van der Waals surface area contributed by atoms with Crippen LogP contribution in [0.3, 0.4) is 0 Å². The summed E-state index contributed by atoms with van der Waals surface area (Å²) in [5.74, 6) is 0.122. The van der Waals surface area contributed by atoms with E-state index in [4.69, 9.17) is 4.74 Å². The van der Waals surface area contributed by atoms with Crippen molar-refractivity contribution >= 4 is 28.5 Å². The Hall–Kier alpha value is -4.13. The second-order valence-electron chi connectivity index (χ2n) is 7.39. The number of aromatic nitrogens is 1. The minimum atomic E-state index is -0.472. The lowest BCUT2D eigenvalue weighted by molar-refractivity contribution is 0.0976. The van der Waals surface area contributed by atoms with Gasteiger partial charge in [-0.3, -0.25) is 15.1 Å². The fourth-order valence-electron chi connectivity index (χ4n) is 3.48. The highest BCUT2D eigenvalue weighted by Crippen LogP contribution is 2.18. The molecule has 1 aromatic heterocycles. The third-order valence-electron chi connectivity index (χ3n) is 5.07. The van der Waals surface area contributed by atoms with Crippen molar-refractivity contribution in [3.8, 4) is 5.75 Å². The summed E-state index contributed by atoms with van der Waals surface area (Å²) in [6.45, 7) is 2.95. The van der Waals surface area contributed by atoms with Crippen molar-refractivity contribution in [1.82, 2.24) is 10.3 Å². The molecule has 0 saturated heterocycles. The van der Waals surface area contributed by atoms with E-state index in [1.165, 1.54) is 18.2 Å². The van der Waals surface area contributed by atoms with E-state index in [0.717, 1.165) is 27.9 Å². The molecule has 0 saturated carbocycles. The highest BCUT2D eigenvalue weighted by atomic mass is 19.1. The molecule has 3 N–H and O–H groups in total. The Kier molecular flexibility index (Phi) is 6.99. The summed E-state index contributed by atoms with van der Waals surface area (Å²) >= 11 is 0. The van der Waals surface area contributed by atoms with Crippen molar-refractivity contribution in [3.05, 3.63) is 95.9 Å². The Morgan fingerprint density at radius 2 is 1.88 bits per heavy atom. The van der Waals surface area contributed by atoms with Crippen molar-refractivity contribution in [2.24, 2.45) is 4.99 Å². The average molecular weight is 445 g/mol. The number of fused-ring (bicyclic) bond motifs is 1. The number of carbonyl (C=O) groups is 1. The predicted molar refractivity (Wildman–Crippen MR) is 129 cm³/mol. The van der Waals surface area contributed by atoms with Crippen molar-refractivity contribution in [2.45, 2.75) is 13.3 Å². The van der Waals surface area contributed by atoms with Gasteiger partial charge in [-0.15, -0.1) is 0 Å². The number of aromatic amines is 1. The molecule has 0 atom stereocenters. The van der Waals surface area contributed by atoms with Gasteiger partial charge in [-0.2, -0.15) is 0 Å². The largest absolute Gasteiger partial charge is 0.494 e. The van der Waals surface area contributed by atoms with Crippen LogP contribution < -0.4 is 15.4 Å². The maximum absolute atomic E-state index is 13.6. The van der Waals surface area contributed by atoms with Crippen LogP contribution in [0, 0.1) is 5.82 Å². The van der Waals surface area contributed by atoms with Gasteiger partial charge in [-0.1, -0.05) is 24.3 Å². The average Bonchev–Trinajstić information content (AvgIpc) is 3.23. The second kappa shape index (κ2) is 10.5. The lowest BCUT2D eigenvalue weighted by Crippen LogP contribution is -2.36. The molecule has 0 aliphatic heterocycles. The van der Waals surface area contributed by atoms with Gasteiger partial charge < -0.3 is 15.0 Å². The topological polar surface area (TPSA) is 78.5 Å². The van der Waals surface area contributed by atoms with E-state index in [0.29, 0.717) is 19.6 Å². The summed E-state index contributed by atoms with van der Waals surface area (Å²) in [5.41, 5.74) is 3.17. The van der Waals surface area contributed by atoms with Gasteiger partial charge in [0.05, 0.1) is 6.61 Å². The number of carbonyl (C=O) groups excluding carboxylic acids is 1. The van der Waals surface area contributed by atoms with Gasteiger partial charge in [-0.25, -0.2) is 4.39 Å². The molecule has 1 amide bonds. The number of hydrogen-bond acceptors (Lipinski definition) is 3. The van der Waals surface area contributed by atoms with Crippen LogP contribution in [0.25, 0.3) is 10.9 Å². The number of guanidine groups is 1. The first-order valence-electron chi connectivity index (χ1n) is 10.8. The summed E-state index contributed by atoms with van der Waals surface area (Å²) in [4.78, 5) is 20.5. The minimum Gasteiger partial charge on any atom is -0.494 e. The Labute approximate surface area is 191 Å². The van der Waals surface area contributed by atoms with Crippen LogP contribution in [0.4, 0.5) is 10.1 Å². The third kappa shape index (κ3) is 5.77. The van der Waals surface area contributed by atoms with E-state index in [1.807, 2.05) is 55.6 Å². The summed E-state index contributed by atoms with van der Waals surface area (Å²) in [5, 5.41) is 7.05. The SMILES string of the molecule is CCOc1ccc(NC(=NCCc2c[nH]c3ccccc23)NC(=O)c2cccc(F)c2)cc1. The monoisotopic (exact) mass is 444 g/mol. The number of hydrogen-bond donors (Lipinski definition) is 3. The number of amides is 1. The predicted octanol–water partition coefficient (Wildman–Crippen LogP) is 5.15. The van der Waals surface area contributed by atoms with E-state index >= 15 is 0 Å². The Morgan fingerprint density at radius 3 is 2.67 bits per heavy atom. The molecule has 0 spiro atoms. The number of anilines is 1. The van der Waals surface area contributed by atoms with Crippen molar-refractivity contribution in [1.29, 1.82) is 0 Å². The van der Waals surface area contributed by atoms with Gasteiger partial charge in [0.1, 0.15) is 11.6 Å². The molecule has 3 aromatic carbocycles. The molecule has 0 unspecified atom stereocenters. The first-order chi connectivity index (χ1) is 16.1. The molecule has 0 bridgehead atoms. The molecule has 33 heavy (non-hydrogen) atoms. The molecule has 0 aliphatic carbocycles. The normalized spacial score (nSPS) is 11.4. The second-order valence-corrected chi connectivity index (χ2v) is 7.39. The summed E-state index contributed by atoms with van der Waals surface area (Å²) in [6.07, 6.45) is 2.67. The zero-order valence-corrected chi connectivity index (χ0v) is 18.3. The molecule has 0 fully saturated rings. The van der Waals surface area contributed by atoms with Crippen LogP contribution in [-0.2, 0) is 6.42 Å². The highest BCUT2D eigenvalue weighted by molar-refractivity contribution is 6.10. The third-order valence-corrected chi connectivity index (χ3v) is 5.07. The molecule has 1 heterocycles. The fraction of sp³-hybridized carbons (Fsp3) is 0.154. The quantitative estimate of drug-likeness (QED) is 0.273. The Balaban J connectivity index is 1.51. The molecule has 4 rings (SSSR count). The van der Waals surface area contributed by atoms with Gasteiger partial charge in [-0.05, 0) is 67.4 Å². The maximum atomic E-state index is 13.6. The van der Waals surface area contributed by atoms with E-state index < -0.39 is 11.7 Å². The Bertz CT molecular complexity index is 1260. The summed E-state index contributed by atoms with van der Waals surface area (Å²) in [6, 6.07) is 21.0. The number of benzene rings is 3. The number of ether oxygens (including phenoxy) is 1. The number of H-pyrrole nitrogens is 1. The van der Waals surface area contributed by atoms with Crippen molar-refractivity contribution in [3.63, 3.8) is 0 Å². The smallest absolute Gasteiger partial charge is 0.258 e. The van der Waals surface area contributed by atoms with Crippen molar-refractivity contribution in [2.75, 3.05) is 18.5 Å². The van der Waals surface area contributed by atoms with Crippen LogP contribution in [0.5, 0.6) is 5.75 Å². The van der Waals surface area contributed by atoms with Gasteiger partial charge in [0.25, 0.3) is 5.91 Å². The highest BCUT2D eigenvalue weighted by Gasteiger charge is 2.11. The number of aliphatic imine (C=N–C) groups is 1. The molecule has 6 nitrogen and oxygen atoms in total. The molecular formula is C26H25FN4O2. The Morgan fingerprint density at radius 1 is 1.06 bits per heavy atom. The molecule has 0 aliphatic rings. The number of para-hydroxylation sites is 1. The van der Waals surface area contributed by atoms with Crippen LogP contribution in [0.2, 0.25) is 0 Å². The zero-order chi connectivity index (χ0) is 23.0.